The molecular weight excluding hydrogens is 296 g/mol. The van der Waals surface area contributed by atoms with E-state index in [1.165, 1.54) is 15.3 Å². The Morgan fingerprint density at radius 3 is 2.73 bits per heavy atom. The van der Waals surface area contributed by atoms with Crippen molar-refractivity contribution in [2.45, 2.75) is 52.5 Å². The lowest BCUT2D eigenvalue weighted by Crippen LogP contribution is -2.46. The molecule has 0 spiro atoms. The van der Waals surface area contributed by atoms with Crippen LogP contribution in [-0.4, -0.2) is 35.8 Å². The lowest BCUT2D eigenvalue weighted by atomic mass is 9.88. The Morgan fingerprint density at radius 2 is 2.09 bits per heavy atom. The number of amides is 2. The molecule has 0 saturated heterocycles. The number of fused-ring (bicyclic) bond motifs is 1. The summed E-state index contributed by atoms with van der Waals surface area (Å²) in [6, 6.07) is 0. The number of carbonyl (C=O) groups excluding carboxylic acids is 2. The van der Waals surface area contributed by atoms with Crippen LogP contribution in [0.5, 0.6) is 0 Å². The van der Waals surface area contributed by atoms with Crippen molar-refractivity contribution in [1.82, 2.24) is 10.2 Å². The highest BCUT2D eigenvalue weighted by Crippen LogP contribution is 2.33. The minimum Gasteiger partial charge on any atom is -0.350 e. The molecule has 1 aromatic heterocycles. The fourth-order valence-corrected chi connectivity index (χ4v) is 4.05. The molecule has 1 heterocycles. The summed E-state index contributed by atoms with van der Waals surface area (Å²) in [5, 5.41) is 4.85. The van der Waals surface area contributed by atoms with E-state index < -0.39 is 0 Å². The minimum absolute atomic E-state index is 0.0453. The molecule has 0 fully saturated rings. The van der Waals surface area contributed by atoms with Gasteiger partial charge in [-0.15, -0.1) is 11.3 Å². The van der Waals surface area contributed by atoms with E-state index in [0.717, 1.165) is 24.8 Å². The highest BCUT2D eigenvalue weighted by Gasteiger charge is 2.26. The molecule has 4 nitrogen and oxygen atoms in total. The molecule has 0 aromatic carbocycles. The second-order valence-corrected chi connectivity index (χ2v) is 8.32. The second kappa shape index (κ2) is 6.41. The zero-order valence-electron chi connectivity index (χ0n) is 14.2. The quantitative estimate of drug-likeness (QED) is 0.930. The van der Waals surface area contributed by atoms with E-state index in [4.69, 9.17) is 0 Å². The van der Waals surface area contributed by atoms with Gasteiger partial charge in [-0.25, -0.2) is 0 Å². The maximum Gasteiger partial charge on any atom is 0.255 e. The predicted molar refractivity (Wildman–Crippen MR) is 90.4 cm³/mol. The third-order valence-electron chi connectivity index (χ3n) is 3.87. The Hall–Kier alpha value is -1.36. The Balaban J connectivity index is 2.04. The SMILES string of the molecule is CC1CCc2c(C(=O)N(C)CC(=O)NC(C)(C)C)csc2C1. The Bertz CT molecular complexity index is 572. The van der Waals surface area contributed by atoms with Crippen molar-refractivity contribution in [1.29, 1.82) is 0 Å². The van der Waals surface area contributed by atoms with Crippen molar-refractivity contribution in [3.05, 3.63) is 21.4 Å². The molecule has 0 saturated carbocycles. The summed E-state index contributed by atoms with van der Waals surface area (Å²) >= 11 is 1.68. The first-order chi connectivity index (χ1) is 10.2. The Labute approximate surface area is 136 Å². The molecule has 1 aliphatic carbocycles. The van der Waals surface area contributed by atoms with Gasteiger partial charge in [0, 0.05) is 22.8 Å². The second-order valence-electron chi connectivity index (χ2n) is 7.36. The lowest BCUT2D eigenvalue weighted by Gasteiger charge is -2.24. The number of likely N-dealkylation sites (N-methyl/N-ethyl adjacent to an activating group) is 1. The third kappa shape index (κ3) is 4.09. The number of nitrogens with zero attached hydrogens (tertiary/aromatic N) is 1. The van der Waals surface area contributed by atoms with E-state index in [2.05, 4.69) is 12.2 Å². The van der Waals surface area contributed by atoms with E-state index in [-0.39, 0.29) is 23.9 Å². The van der Waals surface area contributed by atoms with Crippen LogP contribution in [-0.2, 0) is 17.6 Å². The normalized spacial score (nSPS) is 17.8. The number of hydrogen-bond acceptors (Lipinski definition) is 3. The first kappa shape index (κ1) is 17.0. The molecule has 1 aromatic rings. The summed E-state index contributed by atoms with van der Waals surface area (Å²) in [4.78, 5) is 27.4. The molecule has 1 atom stereocenters. The van der Waals surface area contributed by atoms with E-state index in [1.54, 1.807) is 18.4 Å². The number of nitrogens with one attached hydrogen (secondary N) is 1. The van der Waals surface area contributed by atoms with Crippen LogP contribution in [0, 0.1) is 5.92 Å². The van der Waals surface area contributed by atoms with Crippen LogP contribution in [0.15, 0.2) is 5.38 Å². The van der Waals surface area contributed by atoms with Crippen molar-refractivity contribution in [2.24, 2.45) is 5.92 Å². The van der Waals surface area contributed by atoms with Crippen molar-refractivity contribution < 1.29 is 9.59 Å². The zero-order valence-corrected chi connectivity index (χ0v) is 15.0. The highest BCUT2D eigenvalue weighted by molar-refractivity contribution is 7.10. The van der Waals surface area contributed by atoms with Crippen LogP contribution < -0.4 is 5.32 Å². The molecular formula is C17H26N2O2S. The summed E-state index contributed by atoms with van der Waals surface area (Å²) < 4.78 is 0. The van der Waals surface area contributed by atoms with Gasteiger partial charge >= 0.3 is 0 Å². The summed E-state index contributed by atoms with van der Waals surface area (Å²) in [5.74, 6) is 0.529. The lowest BCUT2D eigenvalue weighted by molar-refractivity contribution is -0.122. The van der Waals surface area contributed by atoms with Gasteiger partial charge in [0.05, 0.1) is 12.1 Å². The molecule has 5 heteroatoms. The molecule has 22 heavy (non-hydrogen) atoms. The Morgan fingerprint density at radius 1 is 1.41 bits per heavy atom. The average molecular weight is 322 g/mol. The van der Waals surface area contributed by atoms with E-state index >= 15 is 0 Å². The van der Waals surface area contributed by atoms with Gasteiger partial charge in [-0.05, 0) is 51.5 Å². The number of carbonyl (C=O) groups is 2. The maximum absolute atomic E-state index is 12.6. The summed E-state index contributed by atoms with van der Waals surface area (Å²) in [6.07, 6.45) is 3.18. The molecule has 0 radical (unpaired) electrons. The zero-order chi connectivity index (χ0) is 16.5. The van der Waals surface area contributed by atoms with Gasteiger partial charge in [-0.2, -0.15) is 0 Å². The fourth-order valence-electron chi connectivity index (χ4n) is 2.81. The van der Waals surface area contributed by atoms with Crippen LogP contribution in [0.25, 0.3) is 0 Å². The van der Waals surface area contributed by atoms with E-state index in [9.17, 15) is 9.59 Å². The molecule has 0 aliphatic heterocycles. The van der Waals surface area contributed by atoms with Gasteiger partial charge in [0.25, 0.3) is 5.91 Å². The van der Waals surface area contributed by atoms with Crippen LogP contribution in [0.2, 0.25) is 0 Å². The highest BCUT2D eigenvalue weighted by atomic mass is 32.1. The number of rotatable bonds is 3. The molecule has 0 bridgehead atoms. The van der Waals surface area contributed by atoms with Crippen molar-refractivity contribution in [2.75, 3.05) is 13.6 Å². The molecule has 2 amide bonds. The minimum atomic E-state index is -0.279. The molecule has 1 aliphatic rings. The van der Waals surface area contributed by atoms with Gasteiger partial charge in [0.2, 0.25) is 5.91 Å². The largest absolute Gasteiger partial charge is 0.350 e. The predicted octanol–water partition coefficient (Wildman–Crippen LogP) is 2.86. The fraction of sp³-hybridized carbons (Fsp3) is 0.647. The molecule has 2 rings (SSSR count). The molecule has 1 unspecified atom stereocenters. The summed E-state index contributed by atoms with van der Waals surface area (Å²) in [6.45, 7) is 8.15. The molecule has 122 valence electrons. The van der Waals surface area contributed by atoms with Crippen LogP contribution in [0.4, 0.5) is 0 Å². The van der Waals surface area contributed by atoms with Gasteiger partial charge in [0.15, 0.2) is 0 Å². The topological polar surface area (TPSA) is 49.4 Å². The smallest absolute Gasteiger partial charge is 0.255 e. The number of thiophene rings is 1. The van der Waals surface area contributed by atoms with Gasteiger partial charge in [0.1, 0.15) is 0 Å². The first-order valence-electron chi connectivity index (χ1n) is 7.83. The van der Waals surface area contributed by atoms with Crippen molar-refractivity contribution in [3.8, 4) is 0 Å². The van der Waals surface area contributed by atoms with Crippen LogP contribution in [0.3, 0.4) is 0 Å². The van der Waals surface area contributed by atoms with Gasteiger partial charge in [-0.1, -0.05) is 6.92 Å². The van der Waals surface area contributed by atoms with E-state index in [1.807, 2.05) is 26.2 Å². The number of hydrogen-bond donors (Lipinski definition) is 1. The Kier molecular flexibility index (Phi) is 4.95. The van der Waals surface area contributed by atoms with Crippen LogP contribution >= 0.6 is 11.3 Å². The van der Waals surface area contributed by atoms with Gasteiger partial charge in [-0.3, -0.25) is 9.59 Å². The van der Waals surface area contributed by atoms with Crippen LogP contribution in [0.1, 0.15) is 54.9 Å². The van der Waals surface area contributed by atoms with Crippen molar-refractivity contribution >= 4 is 23.2 Å². The molecule has 1 N–H and O–H groups in total. The average Bonchev–Trinajstić information content (AvgIpc) is 2.77. The van der Waals surface area contributed by atoms with Crippen molar-refractivity contribution in [3.63, 3.8) is 0 Å². The summed E-state index contributed by atoms with van der Waals surface area (Å²) in [5.41, 5.74) is 1.72. The van der Waals surface area contributed by atoms with Gasteiger partial charge < -0.3 is 10.2 Å². The van der Waals surface area contributed by atoms with E-state index in [0.29, 0.717) is 5.92 Å². The maximum atomic E-state index is 12.6. The third-order valence-corrected chi connectivity index (χ3v) is 4.93. The first-order valence-corrected chi connectivity index (χ1v) is 8.71. The standard InChI is InChI=1S/C17H26N2O2S/c1-11-6-7-12-13(10-22-14(12)8-11)16(21)19(5)9-15(20)18-17(2,3)4/h10-11H,6-9H2,1-5H3,(H,18,20). The summed E-state index contributed by atoms with van der Waals surface area (Å²) in [7, 11) is 1.69. The monoisotopic (exact) mass is 322 g/mol.